The van der Waals surface area contributed by atoms with E-state index in [4.69, 9.17) is 0 Å². The van der Waals surface area contributed by atoms with Gasteiger partial charge < -0.3 is 4.90 Å². The number of aromatic nitrogens is 2. The highest BCUT2D eigenvalue weighted by molar-refractivity contribution is 5.93. The van der Waals surface area contributed by atoms with E-state index in [-0.39, 0.29) is 11.9 Å². The van der Waals surface area contributed by atoms with Crippen molar-refractivity contribution in [2.24, 2.45) is 0 Å². The van der Waals surface area contributed by atoms with Crippen LogP contribution in [0.5, 0.6) is 0 Å². The van der Waals surface area contributed by atoms with Crippen LogP contribution in [0, 0.1) is 0 Å². The van der Waals surface area contributed by atoms with Crippen LogP contribution in [0.25, 0.3) is 0 Å². The molecule has 5 heteroatoms. The Morgan fingerprint density at radius 3 is 2.96 bits per heavy atom. The highest BCUT2D eigenvalue weighted by Gasteiger charge is 2.28. The summed E-state index contributed by atoms with van der Waals surface area (Å²) < 4.78 is 2.04. The Kier molecular flexibility index (Phi) is 5.39. The summed E-state index contributed by atoms with van der Waals surface area (Å²) in [6, 6.07) is 2.77. The smallest absolute Gasteiger partial charge is 0.275 e. The maximum atomic E-state index is 12.9. The number of carbonyl (C=O) groups is 1. The van der Waals surface area contributed by atoms with Crippen molar-refractivity contribution in [3.63, 3.8) is 0 Å². The number of hydrogen-bond donors (Lipinski definition) is 0. The normalized spacial score (nSPS) is 21.3. The first-order valence-electron chi connectivity index (χ1n) is 9.38. The Morgan fingerprint density at radius 1 is 1.38 bits per heavy atom. The summed E-state index contributed by atoms with van der Waals surface area (Å²) in [5.74, 6) is 0.0813. The lowest BCUT2D eigenvalue weighted by atomic mass is 10.1. The van der Waals surface area contributed by atoms with E-state index >= 15 is 0 Å². The number of carbonyl (C=O) groups excluding carboxylic acids is 1. The molecule has 1 aromatic rings. The molecule has 132 valence electrons. The van der Waals surface area contributed by atoms with Crippen LogP contribution < -0.4 is 0 Å². The Hall–Kier alpha value is -1.62. The minimum atomic E-state index is 0.0813. The number of aryl methyl sites for hydroxylation is 1. The van der Waals surface area contributed by atoms with Gasteiger partial charge in [-0.25, -0.2) is 0 Å². The summed E-state index contributed by atoms with van der Waals surface area (Å²) >= 11 is 0. The van der Waals surface area contributed by atoms with Crippen molar-refractivity contribution in [2.75, 3.05) is 13.1 Å². The van der Waals surface area contributed by atoms with Crippen molar-refractivity contribution in [3.8, 4) is 0 Å². The van der Waals surface area contributed by atoms with Crippen molar-refractivity contribution >= 4 is 5.91 Å². The molecule has 2 aliphatic heterocycles. The van der Waals surface area contributed by atoms with Crippen LogP contribution in [0.2, 0.25) is 0 Å². The zero-order valence-electron chi connectivity index (χ0n) is 15.2. The van der Waals surface area contributed by atoms with Crippen LogP contribution >= 0.6 is 0 Å². The SMILES string of the molecule is CCCCC1C=CCN1C(=O)c1cc2n(n1)CCCN(C(C)C)C2. The second-order valence-electron chi connectivity index (χ2n) is 7.26. The lowest BCUT2D eigenvalue weighted by Crippen LogP contribution is -2.36. The van der Waals surface area contributed by atoms with Crippen molar-refractivity contribution in [1.29, 1.82) is 0 Å². The number of unbranched alkanes of at least 4 members (excludes halogenated alkanes) is 1. The Balaban J connectivity index is 1.74. The van der Waals surface area contributed by atoms with Gasteiger partial charge in [0.15, 0.2) is 5.69 Å². The Morgan fingerprint density at radius 2 is 2.21 bits per heavy atom. The van der Waals surface area contributed by atoms with Crippen molar-refractivity contribution in [3.05, 3.63) is 29.6 Å². The average Bonchev–Trinajstić information content (AvgIpc) is 3.14. The highest BCUT2D eigenvalue weighted by Crippen LogP contribution is 2.21. The van der Waals surface area contributed by atoms with Crippen LogP contribution in [0.1, 0.15) is 62.6 Å². The Bertz CT molecular complexity index is 605. The van der Waals surface area contributed by atoms with Gasteiger partial charge in [0.25, 0.3) is 5.91 Å². The second-order valence-corrected chi connectivity index (χ2v) is 7.26. The standard InChI is InChI=1S/C19H30N4O/c1-4-5-8-16-9-6-11-22(16)19(24)18-13-17-14-21(15(2)3)10-7-12-23(17)20-18/h6,9,13,15-16H,4-5,7-8,10-12,14H2,1-3H3. The molecule has 1 amide bonds. The quantitative estimate of drug-likeness (QED) is 0.779. The van der Waals surface area contributed by atoms with Crippen molar-refractivity contribution in [1.82, 2.24) is 19.6 Å². The molecule has 0 fully saturated rings. The van der Waals surface area contributed by atoms with Crippen LogP contribution in [-0.4, -0.2) is 50.7 Å². The number of rotatable bonds is 5. The van der Waals surface area contributed by atoms with E-state index < -0.39 is 0 Å². The predicted molar refractivity (Wildman–Crippen MR) is 95.9 cm³/mol. The fraction of sp³-hybridized carbons (Fsp3) is 0.684. The van der Waals surface area contributed by atoms with E-state index in [1.54, 1.807) is 0 Å². The van der Waals surface area contributed by atoms with E-state index in [1.807, 2.05) is 15.6 Å². The molecule has 5 nitrogen and oxygen atoms in total. The second kappa shape index (κ2) is 7.51. The molecule has 0 saturated carbocycles. The summed E-state index contributed by atoms with van der Waals surface area (Å²) in [6.07, 6.45) is 8.74. The molecule has 1 atom stereocenters. The maximum absolute atomic E-state index is 12.9. The van der Waals surface area contributed by atoms with E-state index in [9.17, 15) is 4.79 Å². The van der Waals surface area contributed by atoms with Crippen LogP contribution in [0.15, 0.2) is 18.2 Å². The molecule has 0 N–H and O–H groups in total. The third kappa shape index (κ3) is 3.56. The highest BCUT2D eigenvalue weighted by atomic mass is 16.2. The molecule has 0 spiro atoms. The third-order valence-corrected chi connectivity index (χ3v) is 5.17. The van der Waals surface area contributed by atoms with Crippen LogP contribution in [-0.2, 0) is 13.1 Å². The summed E-state index contributed by atoms with van der Waals surface area (Å²) in [6.45, 7) is 10.3. The number of nitrogens with zero attached hydrogens (tertiary/aromatic N) is 4. The zero-order chi connectivity index (χ0) is 17.1. The molecule has 0 saturated heterocycles. The molecule has 0 aliphatic carbocycles. The fourth-order valence-electron chi connectivity index (χ4n) is 3.65. The maximum Gasteiger partial charge on any atom is 0.275 e. The minimum Gasteiger partial charge on any atom is -0.327 e. The number of hydrogen-bond acceptors (Lipinski definition) is 3. The van der Waals surface area contributed by atoms with Gasteiger partial charge in [-0.2, -0.15) is 5.10 Å². The zero-order valence-corrected chi connectivity index (χ0v) is 15.2. The summed E-state index contributed by atoms with van der Waals surface area (Å²) in [5.41, 5.74) is 1.78. The van der Waals surface area contributed by atoms with Crippen LogP contribution in [0.3, 0.4) is 0 Å². The van der Waals surface area contributed by atoms with Crippen LogP contribution in [0.4, 0.5) is 0 Å². The molecule has 24 heavy (non-hydrogen) atoms. The molecule has 0 bridgehead atoms. The molecule has 1 aromatic heterocycles. The monoisotopic (exact) mass is 330 g/mol. The minimum absolute atomic E-state index is 0.0813. The van der Waals surface area contributed by atoms with E-state index in [0.717, 1.165) is 45.3 Å². The predicted octanol–water partition coefficient (Wildman–Crippen LogP) is 3.07. The number of amides is 1. The summed E-state index contributed by atoms with van der Waals surface area (Å²) in [5, 5.41) is 4.63. The van der Waals surface area contributed by atoms with Gasteiger partial charge in [0.05, 0.1) is 11.7 Å². The van der Waals surface area contributed by atoms with Gasteiger partial charge in [-0.05, 0) is 32.8 Å². The first-order valence-corrected chi connectivity index (χ1v) is 9.38. The first kappa shape index (κ1) is 17.2. The molecule has 0 aromatic carbocycles. The molecule has 2 aliphatic rings. The van der Waals surface area contributed by atoms with E-state index in [0.29, 0.717) is 18.3 Å². The Labute approximate surface area is 145 Å². The molecular formula is C19H30N4O. The lowest BCUT2D eigenvalue weighted by Gasteiger charge is -2.24. The van der Waals surface area contributed by atoms with Gasteiger partial charge in [0.2, 0.25) is 0 Å². The molecule has 0 radical (unpaired) electrons. The molecule has 3 heterocycles. The first-order chi connectivity index (χ1) is 11.6. The van der Waals surface area contributed by atoms with Gasteiger partial charge in [-0.3, -0.25) is 14.4 Å². The van der Waals surface area contributed by atoms with Gasteiger partial charge in [-0.15, -0.1) is 0 Å². The largest absolute Gasteiger partial charge is 0.327 e. The van der Waals surface area contributed by atoms with Gasteiger partial charge in [-0.1, -0.05) is 31.9 Å². The average molecular weight is 330 g/mol. The van der Waals surface area contributed by atoms with Gasteiger partial charge in [0.1, 0.15) is 0 Å². The molecule has 1 unspecified atom stereocenters. The van der Waals surface area contributed by atoms with Gasteiger partial charge >= 0.3 is 0 Å². The molecule has 3 rings (SSSR count). The van der Waals surface area contributed by atoms with E-state index in [1.165, 1.54) is 5.69 Å². The molecular weight excluding hydrogens is 300 g/mol. The van der Waals surface area contributed by atoms with E-state index in [2.05, 4.69) is 42.9 Å². The van der Waals surface area contributed by atoms with Crippen molar-refractivity contribution in [2.45, 2.75) is 71.6 Å². The van der Waals surface area contributed by atoms with Crippen molar-refractivity contribution < 1.29 is 4.79 Å². The third-order valence-electron chi connectivity index (χ3n) is 5.17. The summed E-state index contributed by atoms with van der Waals surface area (Å²) in [7, 11) is 0. The summed E-state index contributed by atoms with van der Waals surface area (Å²) in [4.78, 5) is 17.4. The lowest BCUT2D eigenvalue weighted by molar-refractivity contribution is 0.0736. The fourth-order valence-corrected chi connectivity index (χ4v) is 3.65. The number of fused-ring (bicyclic) bond motifs is 1. The van der Waals surface area contributed by atoms with Gasteiger partial charge in [0, 0.05) is 32.2 Å². The topological polar surface area (TPSA) is 41.4 Å².